The van der Waals surface area contributed by atoms with Gasteiger partial charge < -0.3 is 15.3 Å². The lowest BCUT2D eigenvalue weighted by molar-refractivity contribution is -0.192. The number of rotatable bonds is 6. The predicted molar refractivity (Wildman–Crippen MR) is 112 cm³/mol. The van der Waals surface area contributed by atoms with Crippen molar-refractivity contribution in [3.8, 4) is 0 Å². The highest BCUT2D eigenvalue weighted by Crippen LogP contribution is 2.15. The number of carbonyl (C=O) groups excluding carboxylic acids is 1. The third-order valence-electron chi connectivity index (χ3n) is 4.28. The molecule has 1 aromatic carbocycles. The maximum Gasteiger partial charge on any atom is 0.490 e. The van der Waals surface area contributed by atoms with Crippen LogP contribution < -0.4 is 5.32 Å². The highest BCUT2D eigenvalue weighted by atomic mass is 79.9. The number of piperazine rings is 1. The van der Waals surface area contributed by atoms with E-state index in [0.29, 0.717) is 31.7 Å². The number of carbonyl (C=O) groups is 2. The number of sulfonamides is 1. The summed E-state index contributed by atoms with van der Waals surface area (Å²) in [5.41, 5.74) is 0.562. The quantitative estimate of drug-likeness (QED) is 0.582. The summed E-state index contributed by atoms with van der Waals surface area (Å²) in [5.74, 6) is -2.95. The van der Waals surface area contributed by atoms with E-state index in [9.17, 15) is 26.4 Å². The van der Waals surface area contributed by atoms with Gasteiger partial charge in [-0.15, -0.1) is 0 Å². The normalized spacial score (nSPS) is 15.2. The van der Waals surface area contributed by atoms with Crippen molar-refractivity contribution in [1.29, 1.82) is 0 Å². The lowest BCUT2D eigenvalue weighted by Gasteiger charge is -2.30. The lowest BCUT2D eigenvalue weighted by Crippen LogP contribution is -2.49. The minimum atomic E-state index is -5.08. The average Bonchev–Trinajstić information content (AvgIpc) is 2.68. The van der Waals surface area contributed by atoms with Gasteiger partial charge in [-0.1, -0.05) is 15.9 Å². The molecule has 0 aliphatic carbocycles. The molecule has 31 heavy (non-hydrogen) atoms. The molecule has 176 valence electrons. The number of halogens is 4. The zero-order valence-electron chi connectivity index (χ0n) is 17.0. The molecule has 1 saturated heterocycles. The van der Waals surface area contributed by atoms with Gasteiger partial charge in [0, 0.05) is 48.8 Å². The second kappa shape index (κ2) is 11.8. The molecule has 1 amide bonds. The second-order valence-electron chi connectivity index (χ2n) is 6.87. The molecule has 0 radical (unpaired) electrons. The summed E-state index contributed by atoms with van der Waals surface area (Å²) >= 11 is 3.35. The fourth-order valence-corrected chi connectivity index (χ4v) is 4.31. The van der Waals surface area contributed by atoms with Crippen LogP contribution in [0.5, 0.6) is 0 Å². The zero-order valence-corrected chi connectivity index (χ0v) is 19.4. The Morgan fingerprint density at radius 3 is 2.10 bits per heavy atom. The van der Waals surface area contributed by atoms with E-state index in [4.69, 9.17) is 9.90 Å². The highest BCUT2D eigenvalue weighted by molar-refractivity contribution is 9.10. The average molecular weight is 532 g/mol. The first-order valence-corrected chi connectivity index (χ1v) is 11.7. The van der Waals surface area contributed by atoms with Crippen molar-refractivity contribution in [1.82, 2.24) is 14.5 Å². The van der Waals surface area contributed by atoms with Crippen molar-refractivity contribution in [2.24, 2.45) is 0 Å². The van der Waals surface area contributed by atoms with E-state index in [1.807, 2.05) is 26.0 Å². The second-order valence-corrected chi connectivity index (χ2v) is 9.87. The van der Waals surface area contributed by atoms with Crippen LogP contribution in [0.1, 0.15) is 24.2 Å². The number of carboxylic acid groups (broad SMARTS) is 1. The predicted octanol–water partition coefficient (Wildman–Crippen LogP) is 2.17. The smallest absolute Gasteiger partial charge is 0.475 e. The number of hydrogen-bond acceptors (Lipinski definition) is 5. The monoisotopic (exact) mass is 531 g/mol. The lowest BCUT2D eigenvalue weighted by atomic mass is 10.2. The Morgan fingerprint density at radius 1 is 1.19 bits per heavy atom. The Bertz CT molecular complexity index is 842. The van der Waals surface area contributed by atoms with Gasteiger partial charge >= 0.3 is 12.1 Å². The third-order valence-corrected chi connectivity index (χ3v) is 6.66. The Morgan fingerprint density at radius 2 is 1.68 bits per heavy atom. The van der Waals surface area contributed by atoms with Crippen molar-refractivity contribution in [2.45, 2.75) is 26.1 Å². The first kappa shape index (κ1) is 27.3. The molecule has 8 nitrogen and oxygen atoms in total. The number of carboxylic acids is 1. The summed E-state index contributed by atoms with van der Waals surface area (Å²) in [6.07, 6.45) is -5.08. The molecule has 0 saturated carbocycles. The first-order valence-electron chi connectivity index (χ1n) is 9.31. The Balaban J connectivity index is 0.000000592. The van der Waals surface area contributed by atoms with E-state index >= 15 is 0 Å². The largest absolute Gasteiger partial charge is 0.490 e. The molecule has 1 aliphatic heterocycles. The number of hydrogen-bond donors (Lipinski definition) is 2. The first-order chi connectivity index (χ1) is 14.3. The van der Waals surface area contributed by atoms with Gasteiger partial charge in [-0.3, -0.25) is 4.79 Å². The summed E-state index contributed by atoms with van der Waals surface area (Å²) in [4.78, 5) is 23.2. The molecular formula is C18H25BrF3N3O5S. The number of nitrogens with zero attached hydrogens (tertiary/aromatic N) is 2. The Hall–Kier alpha value is -1.70. The SMILES string of the molecule is CC(C)N(CCS(=O)(=O)N1CCNCC1)C(=O)c1ccc(Br)cc1.O=C(O)C(F)(F)F. The van der Waals surface area contributed by atoms with Crippen molar-refractivity contribution in [3.05, 3.63) is 34.3 Å². The maximum atomic E-state index is 12.7. The van der Waals surface area contributed by atoms with Crippen molar-refractivity contribution < 1.29 is 36.3 Å². The van der Waals surface area contributed by atoms with Gasteiger partial charge in [-0.05, 0) is 38.1 Å². The van der Waals surface area contributed by atoms with Crippen LogP contribution in [-0.4, -0.2) is 85.3 Å². The third kappa shape index (κ3) is 9.13. The van der Waals surface area contributed by atoms with E-state index < -0.39 is 22.2 Å². The van der Waals surface area contributed by atoms with Crippen LogP contribution in [0.3, 0.4) is 0 Å². The van der Waals surface area contributed by atoms with Gasteiger partial charge in [0.2, 0.25) is 10.0 Å². The van der Waals surface area contributed by atoms with E-state index in [1.54, 1.807) is 17.0 Å². The van der Waals surface area contributed by atoms with Gasteiger partial charge in [0.25, 0.3) is 5.91 Å². The van der Waals surface area contributed by atoms with Crippen LogP contribution in [0.25, 0.3) is 0 Å². The van der Waals surface area contributed by atoms with Gasteiger partial charge in [-0.25, -0.2) is 13.2 Å². The number of benzene rings is 1. The van der Waals surface area contributed by atoms with E-state index in [0.717, 1.165) is 4.47 Å². The van der Waals surface area contributed by atoms with E-state index in [1.165, 1.54) is 4.31 Å². The van der Waals surface area contributed by atoms with Gasteiger partial charge in [0.1, 0.15) is 0 Å². The van der Waals surface area contributed by atoms with Crippen LogP contribution >= 0.6 is 15.9 Å². The molecule has 1 fully saturated rings. The van der Waals surface area contributed by atoms with E-state index in [-0.39, 0.29) is 24.2 Å². The summed E-state index contributed by atoms with van der Waals surface area (Å²) in [7, 11) is -3.34. The van der Waals surface area contributed by atoms with Crippen LogP contribution in [0.4, 0.5) is 13.2 Å². The van der Waals surface area contributed by atoms with Crippen molar-refractivity contribution in [3.63, 3.8) is 0 Å². The molecule has 2 N–H and O–H groups in total. The van der Waals surface area contributed by atoms with Crippen LogP contribution in [0.2, 0.25) is 0 Å². The number of amides is 1. The van der Waals surface area contributed by atoms with Crippen LogP contribution in [0.15, 0.2) is 28.7 Å². The van der Waals surface area contributed by atoms with Crippen LogP contribution in [-0.2, 0) is 14.8 Å². The molecular weight excluding hydrogens is 507 g/mol. The molecule has 1 heterocycles. The van der Waals surface area contributed by atoms with Gasteiger partial charge in [-0.2, -0.15) is 17.5 Å². The summed E-state index contributed by atoms with van der Waals surface area (Å²) in [6.45, 7) is 6.31. The Kier molecular flexibility index (Phi) is 10.4. The molecule has 0 aromatic heterocycles. The summed E-state index contributed by atoms with van der Waals surface area (Å²) in [6, 6.07) is 7.03. The molecule has 0 bridgehead atoms. The number of nitrogens with one attached hydrogen (secondary N) is 1. The van der Waals surface area contributed by atoms with Gasteiger partial charge in [0.05, 0.1) is 5.75 Å². The number of alkyl halides is 3. The fourth-order valence-electron chi connectivity index (χ4n) is 2.62. The highest BCUT2D eigenvalue weighted by Gasteiger charge is 2.38. The molecule has 0 spiro atoms. The van der Waals surface area contributed by atoms with Crippen LogP contribution in [0, 0.1) is 0 Å². The molecule has 0 unspecified atom stereocenters. The van der Waals surface area contributed by atoms with Crippen molar-refractivity contribution in [2.75, 3.05) is 38.5 Å². The molecule has 0 atom stereocenters. The molecule has 13 heteroatoms. The molecule has 1 aliphatic rings. The standard InChI is InChI=1S/C16H24BrN3O3S.C2HF3O2/c1-13(2)20(16(21)14-3-5-15(17)6-4-14)11-12-24(22,23)19-9-7-18-8-10-19;3-2(4,5)1(6)7/h3-6,13,18H,7-12H2,1-2H3;(H,6,7). The summed E-state index contributed by atoms with van der Waals surface area (Å²) in [5, 5.41) is 10.3. The zero-order chi connectivity index (χ0) is 23.8. The molecule has 2 rings (SSSR count). The van der Waals surface area contributed by atoms with Gasteiger partial charge in [0.15, 0.2) is 0 Å². The summed E-state index contributed by atoms with van der Waals surface area (Å²) < 4.78 is 59.1. The van der Waals surface area contributed by atoms with Crippen molar-refractivity contribution >= 4 is 37.8 Å². The van der Waals surface area contributed by atoms with E-state index in [2.05, 4.69) is 21.2 Å². The fraction of sp³-hybridized carbons (Fsp3) is 0.556. The topological polar surface area (TPSA) is 107 Å². The molecule has 1 aromatic rings. The maximum absolute atomic E-state index is 12.7. The minimum absolute atomic E-state index is 0.0482. The minimum Gasteiger partial charge on any atom is -0.475 e. The number of aliphatic carboxylic acids is 1. The Labute approximate surface area is 187 Å².